The Labute approximate surface area is 125 Å². The molecule has 0 amide bonds. The highest BCUT2D eigenvalue weighted by atomic mass is 32.2. The van der Waals surface area contributed by atoms with Gasteiger partial charge < -0.3 is 0 Å². The van der Waals surface area contributed by atoms with Crippen LogP contribution in [0.1, 0.15) is 5.56 Å². The van der Waals surface area contributed by atoms with Crippen molar-refractivity contribution in [2.45, 2.75) is 11.8 Å². The molecule has 0 aliphatic carbocycles. The van der Waals surface area contributed by atoms with Gasteiger partial charge in [-0.25, -0.2) is 8.42 Å². The Morgan fingerprint density at radius 1 is 1.24 bits per heavy atom. The van der Waals surface area contributed by atoms with Crippen LogP contribution in [0.2, 0.25) is 0 Å². The number of benzene rings is 1. The molecule has 1 saturated heterocycles. The van der Waals surface area contributed by atoms with Gasteiger partial charge in [-0.2, -0.15) is 5.10 Å². The molecule has 1 aromatic heterocycles. The Hall–Kier alpha value is -1.66. The summed E-state index contributed by atoms with van der Waals surface area (Å²) in [4.78, 5) is 2.17. The van der Waals surface area contributed by atoms with E-state index in [1.165, 1.54) is 11.8 Å². The van der Waals surface area contributed by atoms with Crippen molar-refractivity contribution in [3.63, 3.8) is 0 Å². The summed E-state index contributed by atoms with van der Waals surface area (Å²) in [6.45, 7) is 2.02. The quantitative estimate of drug-likeness (QED) is 0.855. The fourth-order valence-corrected chi connectivity index (χ4v) is 3.67. The number of sulfone groups is 1. The lowest BCUT2D eigenvalue weighted by atomic mass is 10.0. The summed E-state index contributed by atoms with van der Waals surface area (Å²) in [6.07, 6.45) is 3.11. The van der Waals surface area contributed by atoms with Crippen LogP contribution in [0.4, 0.5) is 0 Å². The summed E-state index contributed by atoms with van der Waals surface area (Å²) in [7, 11) is -0.981. The molecule has 1 fully saturated rings. The maximum Gasteiger partial charge on any atom is 0.152 e. The van der Waals surface area contributed by atoms with Crippen molar-refractivity contribution in [3.05, 3.63) is 42.1 Å². The molecule has 3 rings (SSSR count). The van der Waals surface area contributed by atoms with Crippen molar-refractivity contribution in [1.82, 2.24) is 14.7 Å². The van der Waals surface area contributed by atoms with Crippen molar-refractivity contribution in [2.75, 3.05) is 19.3 Å². The van der Waals surface area contributed by atoms with Gasteiger partial charge in [-0.1, -0.05) is 24.3 Å². The minimum absolute atomic E-state index is 0.207. The van der Waals surface area contributed by atoms with E-state index < -0.39 is 9.84 Å². The fraction of sp³-hybridized carbons (Fsp3) is 0.400. The van der Waals surface area contributed by atoms with Crippen molar-refractivity contribution in [2.24, 2.45) is 7.05 Å². The molecule has 0 unspecified atom stereocenters. The highest BCUT2D eigenvalue weighted by molar-refractivity contribution is 7.91. The molecule has 0 N–H and O–H groups in total. The Bertz CT molecular complexity index is 746. The smallest absolute Gasteiger partial charge is 0.152 e. The van der Waals surface area contributed by atoms with Gasteiger partial charge in [0.2, 0.25) is 0 Å². The van der Waals surface area contributed by atoms with Crippen LogP contribution in [0.3, 0.4) is 0 Å². The SMILES string of the molecule is Cn1nccc1-c1ccccc1CN1CC(S(C)(=O)=O)C1. The maximum absolute atomic E-state index is 11.5. The molecule has 6 heteroatoms. The predicted molar refractivity (Wildman–Crippen MR) is 82.6 cm³/mol. The van der Waals surface area contributed by atoms with Crippen LogP contribution in [0.25, 0.3) is 11.3 Å². The van der Waals surface area contributed by atoms with Crippen molar-refractivity contribution < 1.29 is 8.42 Å². The second-order valence-corrected chi connectivity index (χ2v) is 7.97. The standard InChI is InChI=1S/C15H19N3O2S/c1-17-15(7-8-16-17)14-6-4-3-5-12(14)9-18-10-13(11-18)21(2,19)20/h3-8,13H,9-11H2,1-2H3. The minimum Gasteiger partial charge on any atom is -0.296 e. The summed E-state index contributed by atoms with van der Waals surface area (Å²) in [5.41, 5.74) is 3.43. The lowest BCUT2D eigenvalue weighted by Gasteiger charge is -2.38. The Morgan fingerprint density at radius 2 is 1.95 bits per heavy atom. The van der Waals surface area contributed by atoms with Crippen LogP contribution in [-0.2, 0) is 23.4 Å². The van der Waals surface area contributed by atoms with E-state index >= 15 is 0 Å². The zero-order chi connectivity index (χ0) is 15.0. The lowest BCUT2D eigenvalue weighted by molar-refractivity contribution is 0.176. The first kappa shape index (κ1) is 14.3. The van der Waals surface area contributed by atoms with Gasteiger partial charge in [0.15, 0.2) is 9.84 Å². The van der Waals surface area contributed by atoms with Crippen LogP contribution in [0.15, 0.2) is 36.5 Å². The van der Waals surface area contributed by atoms with E-state index in [4.69, 9.17) is 0 Å². The van der Waals surface area contributed by atoms with E-state index in [1.807, 2.05) is 29.9 Å². The first-order chi connectivity index (χ1) is 9.95. The molecular formula is C15H19N3O2S. The van der Waals surface area contributed by atoms with Gasteiger partial charge in [0, 0.05) is 44.7 Å². The third-order valence-electron chi connectivity index (χ3n) is 4.04. The van der Waals surface area contributed by atoms with Gasteiger partial charge in [0.25, 0.3) is 0 Å². The topological polar surface area (TPSA) is 55.2 Å². The van der Waals surface area contributed by atoms with Crippen LogP contribution < -0.4 is 0 Å². The highest BCUT2D eigenvalue weighted by Gasteiger charge is 2.34. The number of rotatable bonds is 4. The maximum atomic E-state index is 11.5. The van der Waals surface area contributed by atoms with E-state index in [0.717, 1.165) is 17.8 Å². The molecule has 112 valence electrons. The summed E-state index contributed by atoms with van der Waals surface area (Å²) in [5, 5.41) is 4.01. The molecule has 1 aromatic carbocycles. The molecule has 2 aromatic rings. The molecule has 5 nitrogen and oxygen atoms in total. The van der Waals surface area contributed by atoms with Gasteiger partial charge in [-0.15, -0.1) is 0 Å². The van der Waals surface area contributed by atoms with Gasteiger partial charge >= 0.3 is 0 Å². The van der Waals surface area contributed by atoms with Crippen molar-refractivity contribution in [1.29, 1.82) is 0 Å². The molecule has 1 aliphatic rings. The zero-order valence-corrected chi connectivity index (χ0v) is 13.0. The third-order valence-corrected chi connectivity index (χ3v) is 5.55. The minimum atomic E-state index is -2.91. The number of aryl methyl sites for hydroxylation is 1. The molecule has 21 heavy (non-hydrogen) atoms. The lowest BCUT2D eigenvalue weighted by Crippen LogP contribution is -2.53. The zero-order valence-electron chi connectivity index (χ0n) is 12.2. The predicted octanol–water partition coefficient (Wildman–Crippen LogP) is 1.32. The Morgan fingerprint density at radius 3 is 2.57 bits per heavy atom. The van der Waals surface area contributed by atoms with E-state index in [2.05, 4.69) is 22.1 Å². The van der Waals surface area contributed by atoms with Gasteiger partial charge in [0.1, 0.15) is 0 Å². The van der Waals surface area contributed by atoms with Crippen LogP contribution in [0, 0.1) is 0 Å². The van der Waals surface area contributed by atoms with Crippen LogP contribution in [-0.4, -0.2) is 47.7 Å². The number of hydrogen-bond donors (Lipinski definition) is 0. The second kappa shape index (κ2) is 5.27. The molecule has 0 saturated carbocycles. The monoisotopic (exact) mass is 305 g/mol. The number of hydrogen-bond acceptors (Lipinski definition) is 4. The molecule has 0 atom stereocenters. The summed E-state index contributed by atoms with van der Waals surface area (Å²) in [6, 6.07) is 10.2. The largest absolute Gasteiger partial charge is 0.296 e. The van der Waals surface area contributed by atoms with Gasteiger partial charge in [0.05, 0.1) is 10.9 Å². The number of nitrogens with zero attached hydrogens (tertiary/aromatic N) is 3. The average molecular weight is 305 g/mol. The third kappa shape index (κ3) is 2.87. The molecule has 0 bridgehead atoms. The van der Waals surface area contributed by atoms with Gasteiger partial charge in [-0.05, 0) is 11.6 Å². The molecular weight excluding hydrogens is 286 g/mol. The average Bonchev–Trinajstić information content (AvgIpc) is 2.78. The first-order valence-electron chi connectivity index (χ1n) is 6.92. The summed E-state index contributed by atoms with van der Waals surface area (Å²) in [5.74, 6) is 0. The van der Waals surface area contributed by atoms with E-state index in [-0.39, 0.29) is 5.25 Å². The normalized spacial score (nSPS) is 16.9. The number of likely N-dealkylation sites (tertiary alicyclic amines) is 1. The first-order valence-corrected chi connectivity index (χ1v) is 8.88. The fourth-order valence-electron chi connectivity index (χ4n) is 2.71. The highest BCUT2D eigenvalue weighted by Crippen LogP contribution is 2.26. The van der Waals surface area contributed by atoms with Crippen molar-refractivity contribution in [3.8, 4) is 11.3 Å². The summed E-state index contributed by atoms with van der Waals surface area (Å²) < 4.78 is 24.8. The molecule has 2 heterocycles. The van der Waals surface area contributed by atoms with E-state index in [1.54, 1.807) is 6.20 Å². The van der Waals surface area contributed by atoms with Crippen LogP contribution >= 0.6 is 0 Å². The Kier molecular flexibility index (Phi) is 3.59. The Balaban J connectivity index is 1.78. The number of aromatic nitrogens is 2. The molecule has 0 radical (unpaired) electrons. The van der Waals surface area contributed by atoms with Crippen LogP contribution in [0.5, 0.6) is 0 Å². The molecule has 1 aliphatic heterocycles. The van der Waals surface area contributed by atoms with E-state index in [0.29, 0.717) is 13.1 Å². The second-order valence-electron chi connectivity index (χ2n) is 5.64. The van der Waals surface area contributed by atoms with Crippen molar-refractivity contribution >= 4 is 9.84 Å². The summed E-state index contributed by atoms with van der Waals surface area (Å²) >= 11 is 0. The van der Waals surface area contributed by atoms with E-state index in [9.17, 15) is 8.42 Å². The van der Waals surface area contributed by atoms with Gasteiger partial charge in [-0.3, -0.25) is 9.58 Å². The molecule has 0 spiro atoms.